The predicted octanol–water partition coefficient (Wildman–Crippen LogP) is 6.82. The Morgan fingerprint density at radius 2 is 1.64 bits per heavy atom. The van der Waals surface area contributed by atoms with E-state index < -0.39 is 0 Å². The van der Waals surface area contributed by atoms with Crippen molar-refractivity contribution >= 4 is 28.1 Å². The summed E-state index contributed by atoms with van der Waals surface area (Å²) in [5, 5.41) is 6.19. The Bertz CT molecular complexity index is 1090. The second-order valence-electron chi connectivity index (χ2n) is 6.55. The summed E-state index contributed by atoms with van der Waals surface area (Å²) in [4.78, 5) is 0. The van der Waals surface area contributed by atoms with Gasteiger partial charge in [0.1, 0.15) is 18.2 Å². The first-order valence-electron chi connectivity index (χ1n) is 9.06. The highest BCUT2D eigenvalue weighted by molar-refractivity contribution is 6.32. The summed E-state index contributed by atoms with van der Waals surface area (Å²) in [6.07, 6.45) is 0. The van der Waals surface area contributed by atoms with E-state index in [0.29, 0.717) is 23.9 Å². The minimum Gasteiger partial charge on any atom is -0.487 e. The minimum absolute atomic E-state index is 0.249. The van der Waals surface area contributed by atoms with Crippen LogP contribution >= 0.6 is 11.6 Å². The lowest BCUT2D eigenvalue weighted by Gasteiger charge is -2.12. The quantitative estimate of drug-likeness (QED) is 0.389. The van der Waals surface area contributed by atoms with Crippen LogP contribution in [0.5, 0.6) is 5.75 Å². The summed E-state index contributed by atoms with van der Waals surface area (Å²) < 4.78 is 18.9. The molecule has 28 heavy (non-hydrogen) atoms. The lowest BCUT2D eigenvalue weighted by atomic mass is 10.1. The van der Waals surface area contributed by atoms with E-state index in [1.54, 1.807) is 12.1 Å². The molecular formula is C24H19ClFNO. The second kappa shape index (κ2) is 8.32. The van der Waals surface area contributed by atoms with Crippen LogP contribution in [0.3, 0.4) is 0 Å². The molecule has 0 atom stereocenters. The Morgan fingerprint density at radius 3 is 2.46 bits per heavy atom. The summed E-state index contributed by atoms with van der Waals surface area (Å²) in [7, 11) is 0. The van der Waals surface area contributed by atoms with Gasteiger partial charge in [-0.2, -0.15) is 0 Å². The molecule has 0 heterocycles. The van der Waals surface area contributed by atoms with Crippen LogP contribution in [0.15, 0.2) is 84.9 Å². The van der Waals surface area contributed by atoms with Gasteiger partial charge in [-0.25, -0.2) is 4.39 Å². The van der Waals surface area contributed by atoms with Crippen molar-refractivity contribution < 1.29 is 9.13 Å². The number of benzene rings is 4. The highest BCUT2D eigenvalue weighted by Crippen LogP contribution is 2.28. The molecule has 0 unspecified atom stereocenters. The molecule has 4 heteroatoms. The van der Waals surface area contributed by atoms with Crippen molar-refractivity contribution in [2.45, 2.75) is 13.2 Å². The molecule has 0 amide bonds. The van der Waals surface area contributed by atoms with Crippen LogP contribution in [0.4, 0.5) is 10.1 Å². The summed E-state index contributed by atoms with van der Waals surface area (Å²) in [6.45, 7) is 1.04. The predicted molar refractivity (Wildman–Crippen MR) is 113 cm³/mol. The van der Waals surface area contributed by atoms with Gasteiger partial charge in [-0.15, -0.1) is 0 Å². The van der Waals surface area contributed by atoms with E-state index in [1.165, 1.54) is 22.9 Å². The Balaban J connectivity index is 1.42. The van der Waals surface area contributed by atoms with Crippen molar-refractivity contribution in [3.05, 3.63) is 107 Å². The fourth-order valence-electron chi connectivity index (χ4n) is 3.12. The first-order valence-corrected chi connectivity index (χ1v) is 9.44. The Labute approximate surface area is 168 Å². The van der Waals surface area contributed by atoms with Gasteiger partial charge in [0, 0.05) is 12.2 Å². The summed E-state index contributed by atoms with van der Waals surface area (Å²) >= 11 is 6.41. The third-order valence-electron chi connectivity index (χ3n) is 4.60. The van der Waals surface area contributed by atoms with Crippen LogP contribution in [0.25, 0.3) is 10.8 Å². The normalized spacial score (nSPS) is 10.8. The Hall–Kier alpha value is -3.04. The minimum atomic E-state index is -0.249. The van der Waals surface area contributed by atoms with Gasteiger partial charge in [0.2, 0.25) is 0 Å². The van der Waals surface area contributed by atoms with Gasteiger partial charge in [0.15, 0.2) is 0 Å². The maximum Gasteiger partial charge on any atom is 0.138 e. The zero-order valence-electron chi connectivity index (χ0n) is 15.2. The number of anilines is 1. The summed E-state index contributed by atoms with van der Waals surface area (Å²) in [5.74, 6) is 0.404. The topological polar surface area (TPSA) is 21.3 Å². The molecule has 140 valence electrons. The van der Waals surface area contributed by atoms with Crippen molar-refractivity contribution in [3.63, 3.8) is 0 Å². The number of hydrogen-bond acceptors (Lipinski definition) is 2. The van der Waals surface area contributed by atoms with Crippen LogP contribution in [0.2, 0.25) is 5.02 Å². The van der Waals surface area contributed by atoms with Crippen molar-refractivity contribution in [3.8, 4) is 5.75 Å². The van der Waals surface area contributed by atoms with Crippen LogP contribution < -0.4 is 10.1 Å². The van der Waals surface area contributed by atoms with Gasteiger partial charge in [-0.3, -0.25) is 0 Å². The van der Waals surface area contributed by atoms with E-state index in [2.05, 4.69) is 29.6 Å². The van der Waals surface area contributed by atoms with Crippen molar-refractivity contribution in [1.82, 2.24) is 0 Å². The van der Waals surface area contributed by atoms with Crippen LogP contribution in [0.1, 0.15) is 11.1 Å². The van der Waals surface area contributed by atoms with E-state index in [-0.39, 0.29) is 5.82 Å². The zero-order valence-corrected chi connectivity index (χ0v) is 15.9. The summed E-state index contributed by atoms with van der Waals surface area (Å²) in [6, 6.07) is 26.5. The molecular weight excluding hydrogens is 373 g/mol. The Morgan fingerprint density at radius 1 is 0.857 bits per heavy atom. The molecule has 1 N–H and O–H groups in total. The lowest BCUT2D eigenvalue weighted by molar-refractivity contribution is 0.308. The average molecular weight is 392 g/mol. The monoisotopic (exact) mass is 391 g/mol. The van der Waals surface area contributed by atoms with Crippen molar-refractivity contribution in [2.75, 3.05) is 5.32 Å². The average Bonchev–Trinajstić information content (AvgIpc) is 2.73. The third-order valence-corrected chi connectivity index (χ3v) is 4.90. The first-order chi connectivity index (χ1) is 13.7. The molecule has 4 aromatic rings. The second-order valence-corrected chi connectivity index (χ2v) is 6.96. The molecule has 0 saturated carbocycles. The van der Waals surface area contributed by atoms with Gasteiger partial charge in [0.05, 0.1) is 5.02 Å². The fraction of sp³-hybridized carbons (Fsp3) is 0.0833. The van der Waals surface area contributed by atoms with Gasteiger partial charge in [-0.1, -0.05) is 60.1 Å². The molecule has 0 aliphatic carbocycles. The van der Waals surface area contributed by atoms with E-state index in [4.69, 9.17) is 16.3 Å². The molecule has 0 aliphatic heterocycles. The molecule has 0 aliphatic rings. The number of fused-ring (bicyclic) bond motifs is 1. The Kier molecular flexibility index (Phi) is 5.45. The molecule has 0 fully saturated rings. The largest absolute Gasteiger partial charge is 0.487 e. The maximum atomic E-state index is 13.0. The van der Waals surface area contributed by atoms with Crippen LogP contribution in [0, 0.1) is 5.82 Å². The number of ether oxygens (including phenoxy) is 1. The van der Waals surface area contributed by atoms with E-state index in [0.717, 1.165) is 16.8 Å². The third kappa shape index (κ3) is 4.26. The molecule has 0 bridgehead atoms. The van der Waals surface area contributed by atoms with Gasteiger partial charge in [0.25, 0.3) is 0 Å². The van der Waals surface area contributed by atoms with E-state index >= 15 is 0 Å². The molecule has 4 rings (SSSR count). The molecule has 0 radical (unpaired) electrons. The number of rotatable bonds is 6. The van der Waals surface area contributed by atoms with Crippen LogP contribution in [-0.4, -0.2) is 0 Å². The first kappa shape index (κ1) is 18.3. The van der Waals surface area contributed by atoms with Crippen LogP contribution in [-0.2, 0) is 13.2 Å². The lowest BCUT2D eigenvalue weighted by Crippen LogP contribution is -2.01. The van der Waals surface area contributed by atoms with Gasteiger partial charge in [-0.05, 0) is 58.3 Å². The van der Waals surface area contributed by atoms with Crippen molar-refractivity contribution in [1.29, 1.82) is 0 Å². The molecule has 4 aromatic carbocycles. The summed E-state index contributed by atoms with van der Waals surface area (Å²) in [5.41, 5.74) is 3.00. The maximum absolute atomic E-state index is 13.0. The standard InChI is InChI=1S/C24H19ClFNO/c25-23-14-17(15-27-21-11-9-20(26)10-12-21)8-13-24(23)28-16-19-6-3-5-18-4-1-2-7-22(18)19/h1-14,27H,15-16H2. The van der Waals surface area contributed by atoms with E-state index in [1.807, 2.05) is 36.4 Å². The smallest absolute Gasteiger partial charge is 0.138 e. The molecule has 0 spiro atoms. The number of nitrogens with one attached hydrogen (secondary N) is 1. The molecule has 0 saturated heterocycles. The van der Waals surface area contributed by atoms with Gasteiger partial charge >= 0.3 is 0 Å². The highest BCUT2D eigenvalue weighted by Gasteiger charge is 2.06. The van der Waals surface area contributed by atoms with E-state index in [9.17, 15) is 4.39 Å². The number of halogens is 2. The number of hydrogen-bond donors (Lipinski definition) is 1. The zero-order chi connectivity index (χ0) is 19.3. The fourth-order valence-corrected chi connectivity index (χ4v) is 3.37. The van der Waals surface area contributed by atoms with Gasteiger partial charge < -0.3 is 10.1 Å². The van der Waals surface area contributed by atoms with Crippen molar-refractivity contribution in [2.24, 2.45) is 0 Å². The molecule has 2 nitrogen and oxygen atoms in total. The molecule has 0 aromatic heterocycles. The highest BCUT2D eigenvalue weighted by atomic mass is 35.5. The SMILES string of the molecule is Fc1ccc(NCc2ccc(OCc3cccc4ccccc34)c(Cl)c2)cc1.